The molecule has 0 heterocycles. The molecule has 3 rings (SSSR count). The number of carboxylic acid groups (broad SMARTS) is 1. The summed E-state index contributed by atoms with van der Waals surface area (Å²) in [4.78, 5) is 23.9. The van der Waals surface area contributed by atoms with Crippen LogP contribution in [0, 0.1) is 0 Å². The lowest BCUT2D eigenvalue weighted by Crippen LogP contribution is -2.43. The standard InChI is InChI=1S/C25H22F3NO4/c26-25(27,28)20-10-6-18(7-11-20)15-23(30)29-22(24(31)32)14-17-8-12-21(13-9-17)33-16-19-4-2-1-3-5-19/h1-13,22H,14-16H2,(H,29,30)(H,31,32)/t22-/m1/s1. The predicted octanol–water partition coefficient (Wildman–Crippen LogP) is 4.64. The number of alkyl halides is 3. The number of ether oxygens (including phenoxy) is 1. The van der Waals surface area contributed by atoms with Crippen LogP contribution < -0.4 is 10.1 Å². The van der Waals surface area contributed by atoms with Crippen molar-refractivity contribution in [2.45, 2.75) is 31.7 Å². The first-order chi connectivity index (χ1) is 15.7. The van der Waals surface area contributed by atoms with Crippen LogP contribution in [0.15, 0.2) is 78.9 Å². The maximum atomic E-state index is 12.6. The lowest BCUT2D eigenvalue weighted by molar-refractivity contribution is -0.141. The minimum absolute atomic E-state index is 0.0487. The average molecular weight is 457 g/mol. The molecule has 5 nitrogen and oxygen atoms in total. The van der Waals surface area contributed by atoms with Crippen LogP contribution >= 0.6 is 0 Å². The molecule has 0 aliphatic carbocycles. The highest BCUT2D eigenvalue weighted by molar-refractivity contribution is 5.85. The summed E-state index contributed by atoms with van der Waals surface area (Å²) in [6.45, 7) is 0.401. The summed E-state index contributed by atoms with van der Waals surface area (Å²) < 4.78 is 43.6. The van der Waals surface area contributed by atoms with Crippen LogP contribution in [0.3, 0.4) is 0 Å². The van der Waals surface area contributed by atoms with E-state index >= 15 is 0 Å². The van der Waals surface area contributed by atoms with Gasteiger partial charge in [-0.05, 0) is 41.0 Å². The average Bonchev–Trinajstić information content (AvgIpc) is 2.78. The molecule has 0 saturated carbocycles. The molecule has 33 heavy (non-hydrogen) atoms. The molecule has 8 heteroatoms. The van der Waals surface area contributed by atoms with Gasteiger partial charge in [-0.1, -0.05) is 54.6 Å². The number of carbonyl (C=O) groups is 2. The van der Waals surface area contributed by atoms with Gasteiger partial charge in [0.15, 0.2) is 0 Å². The number of hydrogen-bond acceptors (Lipinski definition) is 3. The van der Waals surface area contributed by atoms with Crippen LogP contribution in [-0.2, 0) is 35.2 Å². The predicted molar refractivity (Wildman–Crippen MR) is 116 cm³/mol. The van der Waals surface area contributed by atoms with E-state index in [1.54, 1.807) is 24.3 Å². The fraction of sp³-hybridized carbons (Fsp3) is 0.200. The third-order valence-corrected chi connectivity index (χ3v) is 4.89. The third-order valence-electron chi connectivity index (χ3n) is 4.89. The van der Waals surface area contributed by atoms with Crippen LogP contribution in [0.1, 0.15) is 22.3 Å². The molecule has 0 aliphatic heterocycles. The van der Waals surface area contributed by atoms with Crippen LogP contribution in [0.4, 0.5) is 13.2 Å². The molecular weight excluding hydrogens is 435 g/mol. The molecule has 0 spiro atoms. The second kappa shape index (κ2) is 10.7. The van der Waals surface area contributed by atoms with Crippen LogP contribution in [0.25, 0.3) is 0 Å². The SMILES string of the molecule is O=C(Cc1ccc(C(F)(F)F)cc1)N[C@H](Cc1ccc(OCc2ccccc2)cc1)C(=O)O. The Morgan fingerprint density at radius 1 is 0.848 bits per heavy atom. The van der Waals surface area contributed by atoms with Crippen molar-refractivity contribution in [2.75, 3.05) is 0 Å². The Kier molecular flexibility index (Phi) is 7.71. The molecule has 0 radical (unpaired) electrons. The first kappa shape index (κ1) is 23.8. The summed E-state index contributed by atoms with van der Waals surface area (Å²) in [5.74, 6) is -1.18. The van der Waals surface area contributed by atoms with Crippen molar-refractivity contribution in [3.05, 3.63) is 101 Å². The van der Waals surface area contributed by atoms with E-state index < -0.39 is 29.7 Å². The minimum Gasteiger partial charge on any atom is -0.489 e. The fourth-order valence-corrected chi connectivity index (χ4v) is 3.14. The van der Waals surface area contributed by atoms with Crippen LogP contribution in [0.2, 0.25) is 0 Å². The van der Waals surface area contributed by atoms with Crippen molar-refractivity contribution in [3.8, 4) is 5.75 Å². The Morgan fingerprint density at radius 3 is 2.03 bits per heavy atom. The minimum atomic E-state index is -4.46. The van der Waals surface area contributed by atoms with Crippen molar-refractivity contribution in [2.24, 2.45) is 0 Å². The van der Waals surface area contributed by atoms with Gasteiger partial charge in [-0.15, -0.1) is 0 Å². The number of halogens is 3. The zero-order valence-electron chi connectivity index (χ0n) is 17.5. The summed E-state index contributed by atoms with van der Waals surface area (Å²) in [6.07, 6.45) is -4.64. The van der Waals surface area contributed by atoms with Gasteiger partial charge in [0.05, 0.1) is 12.0 Å². The van der Waals surface area contributed by atoms with Gasteiger partial charge in [0.1, 0.15) is 18.4 Å². The Labute approximate surface area is 188 Å². The lowest BCUT2D eigenvalue weighted by Gasteiger charge is -2.15. The van der Waals surface area contributed by atoms with E-state index in [1.165, 1.54) is 12.1 Å². The van der Waals surface area contributed by atoms with E-state index in [1.807, 2.05) is 30.3 Å². The zero-order chi connectivity index (χ0) is 23.8. The van der Waals surface area contributed by atoms with E-state index in [2.05, 4.69) is 5.32 Å². The number of benzene rings is 3. The number of aliphatic carboxylic acids is 1. The van der Waals surface area contributed by atoms with Gasteiger partial charge in [-0.2, -0.15) is 13.2 Å². The summed E-state index contributed by atoms with van der Waals surface area (Å²) in [6, 6.07) is 19.5. The second-order valence-corrected chi connectivity index (χ2v) is 7.45. The van der Waals surface area contributed by atoms with Crippen molar-refractivity contribution in [1.82, 2.24) is 5.32 Å². The molecule has 0 bridgehead atoms. The number of carbonyl (C=O) groups excluding carboxylic acids is 1. The Morgan fingerprint density at radius 2 is 1.45 bits per heavy atom. The number of rotatable bonds is 9. The van der Waals surface area contributed by atoms with E-state index in [9.17, 15) is 27.9 Å². The summed E-state index contributed by atoms with van der Waals surface area (Å²) in [5, 5.41) is 11.9. The van der Waals surface area contributed by atoms with E-state index in [-0.39, 0.29) is 12.8 Å². The van der Waals surface area contributed by atoms with Gasteiger partial charge in [-0.25, -0.2) is 4.79 Å². The molecule has 1 atom stereocenters. The highest BCUT2D eigenvalue weighted by atomic mass is 19.4. The summed E-state index contributed by atoms with van der Waals surface area (Å²) in [7, 11) is 0. The summed E-state index contributed by atoms with van der Waals surface area (Å²) >= 11 is 0. The first-order valence-electron chi connectivity index (χ1n) is 10.1. The second-order valence-electron chi connectivity index (χ2n) is 7.45. The number of amides is 1. The van der Waals surface area contributed by atoms with E-state index in [4.69, 9.17) is 4.74 Å². The quantitative estimate of drug-likeness (QED) is 0.491. The van der Waals surface area contributed by atoms with Gasteiger partial charge in [-0.3, -0.25) is 4.79 Å². The monoisotopic (exact) mass is 457 g/mol. The molecule has 0 saturated heterocycles. The molecule has 0 aromatic heterocycles. The Bertz CT molecular complexity index is 1070. The number of nitrogens with one attached hydrogen (secondary N) is 1. The first-order valence-corrected chi connectivity index (χ1v) is 10.1. The maximum Gasteiger partial charge on any atom is 0.416 e. The van der Waals surface area contributed by atoms with Crippen molar-refractivity contribution in [1.29, 1.82) is 0 Å². The largest absolute Gasteiger partial charge is 0.489 e. The van der Waals surface area contributed by atoms with Gasteiger partial charge in [0.2, 0.25) is 5.91 Å². The van der Waals surface area contributed by atoms with E-state index in [0.717, 1.165) is 17.7 Å². The van der Waals surface area contributed by atoms with Crippen molar-refractivity contribution < 1.29 is 32.6 Å². The summed E-state index contributed by atoms with van der Waals surface area (Å²) in [5.41, 5.74) is 1.24. The molecule has 1 amide bonds. The molecule has 3 aromatic carbocycles. The van der Waals surface area contributed by atoms with Crippen LogP contribution in [-0.4, -0.2) is 23.0 Å². The third kappa shape index (κ3) is 7.38. The van der Waals surface area contributed by atoms with E-state index in [0.29, 0.717) is 23.5 Å². The highest BCUT2D eigenvalue weighted by Gasteiger charge is 2.30. The fourth-order valence-electron chi connectivity index (χ4n) is 3.14. The Balaban J connectivity index is 1.54. The molecular formula is C25H22F3NO4. The zero-order valence-corrected chi connectivity index (χ0v) is 17.5. The lowest BCUT2D eigenvalue weighted by atomic mass is 10.0. The molecule has 0 unspecified atom stereocenters. The van der Waals surface area contributed by atoms with Gasteiger partial charge < -0.3 is 15.2 Å². The maximum absolute atomic E-state index is 12.6. The Hall–Kier alpha value is -3.81. The smallest absolute Gasteiger partial charge is 0.416 e. The molecule has 3 aromatic rings. The number of carboxylic acids is 1. The molecule has 172 valence electrons. The van der Waals surface area contributed by atoms with Crippen molar-refractivity contribution in [3.63, 3.8) is 0 Å². The number of hydrogen-bond donors (Lipinski definition) is 2. The topological polar surface area (TPSA) is 75.6 Å². The van der Waals surface area contributed by atoms with Gasteiger partial charge in [0, 0.05) is 6.42 Å². The highest BCUT2D eigenvalue weighted by Crippen LogP contribution is 2.29. The molecule has 0 aliphatic rings. The van der Waals surface area contributed by atoms with Gasteiger partial charge >= 0.3 is 12.1 Å². The van der Waals surface area contributed by atoms with Gasteiger partial charge in [0.25, 0.3) is 0 Å². The van der Waals surface area contributed by atoms with Crippen molar-refractivity contribution >= 4 is 11.9 Å². The molecule has 2 N–H and O–H groups in total. The molecule has 0 fully saturated rings. The van der Waals surface area contributed by atoms with Crippen LogP contribution in [0.5, 0.6) is 5.75 Å². The normalized spacial score (nSPS) is 12.1.